The lowest BCUT2D eigenvalue weighted by Gasteiger charge is -2.31. The summed E-state index contributed by atoms with van der Waals surface area (Å²) in [4.78, 5) is 14.7. The van der Waals surface area contributed by atoms with Gasteiger partial charge in [0.05, 0.1) is 0 Å². The first-order valence-corrected chi connectivity index (χ1v) is 11.7. The highest BCUT2D eigenvalue weighted by molar-refractivity contribution is 7.98. The van der Waals surface area contributed by atoms with Gasteiger partial charge in [0, 0.05) is 40.6 Å². The van der Waals surface area contributed by atoms with Gasteiger partial charge in [0.2, 0.25) is 5.91 Å². The van der Waals surface area contributed by atoms with Crippen molar-refractivity contribution in [2.24, 2.45) is 5.92 Å². The van der Waals surface area contributed by atoms with Crippen molar-refractivity contribution in [2.75, 3.05) is 25.4 Å². The molecular formula is C22H25Cl2FN2OS. The maximum Gasteiger partial charge on any atom is 0.223 e. The van der Waals surface area contributed by atoms with Crippen molar-refractivity contribution in [3.63, 3.8) is 0 Å². The zero-order chi connectivity index (χ0) is 20.6. The molecule has 3 nitrogen and oxygen atoms in total. The summed E-state index contributed by atoms with van der Waals surface area (Å²) in [6.07, 6.45) is 1.71. The second-order valence-corrected chi connectivity index (χ2v) is 9.14. The molecule has 2 aromatic carbocycles. The molecule has 1 amide bonds. The van der Waals surface area contributed by atoms with E-state index in [-0.39, 0.29) is 17.6 Å². The minimum Gasteiger partial charge on any atom is -0.355 e. The van der Waals surface area contributed by atoms with E-state index < -0.39 is 0 Å². The van der Waals surface area contributed by atoms with Crippen LogP contribution in [0.2, 0.25) is 10.0 Å². The Morgan fingerprint density at radius 2 is 1.76 bits per heavy atom. The van der Waals surface area contributed by atoms with E-state index in [1.165, 1.54) is 12.1 Å². The van der Waals surface area contributed by atoms with Crippen LogP contribution in [0.3, 0.4) is 0 Å². The Hall–Kier alpha value is -1.27. The summed E-state index contributed by atoms with van der Waals surface area (Å²) >= 11 is 14.1. The molecule has 2 aromatic rings. The number of benzene rings is 2. The van der Waals surface area contributed by atoms with Gasteiger partial charge in [0.1, 0.15) is 5.82 Å². The Morgan fingerprint density at radius 3 is 2.41 bits per heavy atom. The number of thioether (sulfide) groups is 1. The van der Waals surface area contributed by atoms with Crippen LogP contribution in [0.25, 0.3) is 0 Å². The van der Waals surface area contributed by atoms with Crippen LogP contribution in [-0.2, 0) is 17.1 Å². The van der Waals surface area contributed by atoms with Gasteiger partial charge in [-0.25, -0.2) is 4.39 Å². The zero-order valence-electron chi connectivity index (χ0n) is 16.2. The fraction of sp³-hybridized carbons (Fsp3) is 0.409. The molecule has 0 aromatic heterocycles. The molecule has 0 unspecified atom stereocenters. The summed E-state index contributed by atoms with van der Waals surface area (Å²) in [5.41, 5.74) is 2.05. The Morgan fingerprint density at radius 1 is 1.10 bits per heavy atom. The molecule has 3 rings (SSSR count). The van der Waals surface area contributed by atoms with Crippen LogP contribution in [0.5, 0.6) is 0 Å². The van der Waals surface area contributed by atoms with Gasteiger partial charge in [0.25, 0.3) is 0 Å². The molecule has 0 aliphatic carbocycles. The smallest absolute Gasteiger partial charge is 0.223 e. The number of nitrogens with one attached hydrogen (secondary N) is 1. The number of piperidine rings is 1. The predicted octanol–water partition coefficient (Wildman–Crippen LogP) is 5.39. The first-order valence-electron chi connectivity index (χ1n) is 9.78. The van der Waals surface area contributed by atoms with E-state index in [1.807, 2.05) is 30.3 Å². The second kappa shape index (κ2) is 11.2. The third kappa shape index (κ3) is 6.88. The van der Waals surface area contributed by atoms with Crippen LogP contribution in [0.1, 0.15) is 24.0 Å². The van der Waals surface area contributed by atoms with Gasteiger partial charge in [-0.3, -0.25) is 9.69 Å². The average Bonchev–Trinajstić information content (AvgIpc) is 2.72. The van der Waals surface area contributed by atoms with Crippen LogP contribution < -0.4 is 5.32 Å². The first-order chi connectivity index (χ1) is 14.0. The topological polar surface area (TPSA) is 32.3 Å². The maximum atomic E-state index is 13.0. The summed E-state index contributed by atoms with van der Waals surface area (Å²) in [6, 6.07) is 12.1. The van der Waals surface area contributed by atoms with Gasteiger partial charge in [-0.05, 0) is 61.3 Å². The first kappa shape index (κ1) is 22.4. The lowest BCUT2D eigenvalue weighted by Crippen LogP contribution is -2.40. The van der Waals surface area contributed by atoms with Gasteiger partial charge in [-0.2, -0.15) is 11.8 Å². The molecule has 0 bridgehead atoms. The highest BCUT2D eigenvalue weighted by Gasteiger charge is 2.24. The van der Waals surface area contributed by atoms with E-state index in [0.717, 1.165) is 55.1 Å². The highest BCUT2D eigenvalue weighted by atomic mass is 35.5. The molecule has 0 atom stereocenters. The van der Waals surface area contributed by atoms with E-state index in [9.17, 15) is 9.18 Å². The molecule has 0 saturated carbocycles. The number of hydrogen-bond acceptors (Lipinski definition) is 3. The summed E-state index contributed by atoms with van der Waals surface area (Å²) < 4.78 is 13.0. The Bertz CT molecular complexity index is 791. The number of hydrogen-bond donors (Lipinski definition) is 1. The molecule has 1 N–H and O–H groups in total. The van der Waals surface area contributed by atoms with Crippen LogP contribution in [-0.4, -0.2) is 36.2 Å². The molecule has 1 aliphatic rings. The molecule has 7 heteroatoms. The molecule has 0 radical (unpaired) electrons. The highest BCUT2D eigenvalue weighted by Crippen LogP contribution is 2.28. The van der Waals surface area contributed by atoms with Gasteiger partial charge >= 0.3 is 0 Å². The molecule has 1 fully saturated rings. The third-order valence-corrected chi connectivity index (χ3v) is 6.83. The van der Waals surface area contributed by atoms with Crippen LogP contribution in [0, 0.1) is 11.7 Å². The molecule has 0 spiro atoms. The number of nitrogens with zero attached hydrogens (tertiary/aromatic N) is 1. The number of amides is 1. The van der Waals surface area contributed by atoms with Gasteiger partial charge in [-0.1, -0.05) is 41.4 Å². The molecule has 1 heterocycles. The number of carbonyl (C=O) groups is 1. The quantitative estimate of drug-likeness (QED) is 0.542. The standard InChI is InChI=1S/C22H25Cl2FN2OS/c23-20-2-1-3-21(24)19(20)15-29-13-10-26-22(28)17-8-11-27(12-9-17)14-16-4-6-18(25)7-5-16/h1-7,17H,8-15H2,(H,26,28). The second-order valence-electron chi connectivity index (χ2n) is 7.22. The summed E-state index contributed by atoms with van der Waals surface area (Å²) in [5, 5.41) is 4.42. The number of rotatable bonds is 8. The summed E-state index contributed by atoms with van der Waals surface area (Å²) in [5.74, 6) is 1.55. The van der Waals surface area contributed by atoms with Crippen LogP contribution in [0.15, 0.2) is 42.5 Å². The molecule has 1 saturated heterocycles. The van der Waals surface area contributed by atoms with Crippen molar-refractivity contribution in [2.45, 2.75) is 25.1 Å². The number of halogens is 3. The van der Waals surface area contributed by atoms with Crippen molar-refractivity contribution < 1.29 is 9.18 Å². The monoisotopic (exact) mass is 454 g/mol. The Balaban J connectivity index is 1.32. The van der Waals surface area contributed by atoms with E-state index >= 15 is 0 Å². The minimum absolute atomic E-state index is 0.0717. The van der Waals surface area contributed by atoms with E-state index in [4.69, 9.17) is 23.2 Å². The van der Waals surface area contributed by atoms with E-state index in [1.54, 1.807) is 11.8 Å². The fourth-order valence-electron chi connectivity index (χ4n) is 3.44. The van der Waals surface area contributed by atoms with Gasteiger partial charge < -0.3 is 5.32 Å². The lowest BCUT2D eigenvalue weighted by molar-refractivity contribution is -0.126. The van der Waals surface area contributed by atoms with E-state index in [0.29, 0.717) is 16.6 Å². The van der Waals surface area contributed by atoms with Crippen LogP contribution >= 0.6 is 35.0 Å². The SMILES string of the molecule is O=C(NCCSCc1c(Cl)cccc1Cl)C1CCN(Cc2ccc(F)cc2)CC1. The summed E-state index contributed by atoms with van der Waals surface area (Å²) in [7, 11) is 0. The fourth-order valence-corrected chi connectivity index (χ4v) is 5.03. The van der Waals surface area contributed by atoms with Gasteiger partial charge in [-0.15, -0.1) is 0 Å². The zero-order valence-corrected chi connectivity index (χ0v) is 18.5. The lowest BCUT2D eigenvalue weighted by atomic mass is 9.95. The summed E-state index contributed by atoms with van der Waals surface area (Å²) in [6.45, 7) is 3.21. The van der Waals surface area contributed by atoms with Crippen molar-refractivity contribution in [1.82, 2.24) is 10.2 Å². The molecular weight excluding hydrogens is 430 g/mol. The minimum atomic E-state index is -0.211. The maximum absolute atomic E-state index is 13.0. The Labute approximate surface area is 185 Å². The Kier molecular flexibility index (Phi) is 8.67. The molecule has 29 heavy (non-hydrogen) atoms. The normalized spacial score (nSPS) is 15.4. The van der Waals surface area contributed by atoms with Crippen LogP contribution in [0.4, 0.5) is 4.39 Å². The average molecular weight is 455 g/mol. The van der Waals surface area contributed by atoms with Crippen molar-refractivity contribution in [3.8, 4) is 0 Å². The third-order valence-electron chi connectivity index (χ3n) is 5.13. The van der Waals surface area contributed by atoms with Crippen molar-refractivity contribution in [3.05, 3.63) is 69.5 Å². The van der Waals surface area contributed by atoms with Crippen molar-refractivity contribution in [1.29, 1.82) is 0 Å². The number of likely N-dealkylation sites (tertiary alicyclic amines) is 1. The molecule has 1 aliphatic heterocycles. The number of carbonyl (C=O) groups excluding carboxylic acids is 1. The van der Waals surface area contributed by atoms with Crippen molar-refractivity contribution >= 4 is 40.9 Å². The predicted molar refractivity (Wildman–Crippen MR) is 120 cm³/mol. The molecule has 156 valence electrons. The largest absolute Gasteiger partial charge is 0.355 e. The van der Waals surface area contributed by atoms with Gasteiger partial charge in [0.15, 0.2) is 0 Å². The van der Waals surface area contributed by atoms with E-state index in [2.05, 4.69) is 10.2 Å².